The molecule has 196 valence electrons. The molecule has 6 nitrogen and oxygen atoms in total. The number of hydrogen-bond donors (Lipinski definition) is 1. The van der Waals surface area contributed by atoms with Crippen molar-refractivity contribution in [2.75, 3.05) is 26.3 Å². The fourth-order valence-corrected chi connectivity index (χ4v) is 7.56. The highest BCUT2D eigenvalue weighted by Crippen LogP contribution is 2.55. The molecule has 0 radical (unpaired) electrons. The van der Waals surface area contributed by atoms with E-state index in [9.17, 15) is 14.7 Å². The zero-order valence-electron chi connectivity index (χ0n) is 21.7. The number of fused-ring (bicyclic) bond motifs is 6. The first-order valence-electron chi connectivity index (χ1n) is 14.1. The largest absolute Gasteiger partial charge is 0.478 e. The minimum atomic E-state index is -0.865. The lowest BCUT2D eigenvalue weighted by atomic mass is 9.75. The van der Waals surface area contributed by atoms with Crippen LogP contribution in [0.1, 0.15) is 67.2 Å². The zero-order chi connectivity index (χ0) is 26.0. The van der Waals surface area contributed by atoms with Gasteiger partial charge in [-0.2, -0.15) is 0 Å². The predicted octanol–water partition coefficient (Wildman–Crippen LogP) is 5.56. The Kier molecular flexibility index (Phi) is 5.69. The molecule has 3 heterocycles. The van der Waals surface area contributed by atoms with E-state index >= 15 is 0 Å². The Morgan fingerprint density at radius 3 is 2.63 bits per heavy atom. The van der Waals surface area contributed by atoms with E-state index in [0.29, 0.717) is 50.8 Å². The normalized spacial score (nSPS) is 25.1. The molecule has 3 aliphatic carbocycles. The second-order valence-electron chi connectivity index (χ2n) is 11.3. The predicted molar refractivity (Wildman–Crippen MR) is 147 cm³/mol. The van der Waals surface area contributed by atoms with Crippen LogP contribution in [0.3, 0.4) is 0 Å². The molecule has 2 fully saturated rings. The second kappa shape index (κ2) is 9.12. The molecule has 2 aromatic rings. The van der Waals surface area contributed by atoms with Crippen LogP contribution < -0.4 is 0 Å². The summed E-state index contributed by atoms with van der Waals surface area (Å²) in [7, 11) is 0. The number of benzene rings is 1. The molecule has 1 aromatic heterocycles. The number of allylic oxidation sites excluding steroid dienone is 4. The summed E-state index contributed by atoms with van der Waals surface area (Å²) < 4.78 is 7.89. The first-order chi connectivity index (χ1) is 18.6. The quantitative estimate of drug-likeness (QED) is 0.585. The molecule has 1 amide bonds. The SMILES string of the molecule is C=Cc1ccc(C2CCCCC2)c2c1cc1n2CC2=C(C(=O)O)C2=C2C=CC[C@@H](C(=O)N3CCOCC3)C21. The lowest BCUT2D eigenvalue weighted by Crippen LogP contribution is -2.45. The summed E-state index contributed by atoms with van der Waals surface area (Å²) in [5, 5.41) is 11.2. The Morgan fingerprint density at radius 1 is 1.11 bits per heavy atom. The van der Waals surface area contributed by atoms with Crippen molar-refractivity contribution in [2.24, 2.45) is 5.92 Å². The van der Waals surface area contributed by atoms with Crippen molar-refractivity contribution in [3.8, 4) is 0 Å². The van der Waals surface area contributed by atoms with Gasteiger partial charge in [0.05, 0.1) is 30.2 Å². The number of carbonyl (C=O) groups is 2. The monoisotopic (exact) mass is 510 g/mol. The Balaban J connectivity index is 1.44. The van der Waals surface area contributed by atoms with Crippen molar-refractivity contribution in [3.63, 3.8) is 0 Å². The van der Waals surface area contributed by atoms with Crippen LogP contribution in [0.25, 0.3) is 17.0 Å². The molecule has 7 rings (SSSR count). The summed E-state index contributed by atoms with van der Waals surface area (Å²) in [6.45, 7) is 6.99. The van der Waals surface area contributed by atoms with E-state index in [1.54, 1.807) is 0 Å². The molecule has 5 aliphatic rings. The van der Waals surface area contributed by atoms with Crippen LogP contribution in [0, 0.1) is 5.92 Å². The van der Waals surface area contributed by atoms with Crippen molar-refractivity contribution in [2.45, 2.75) is 56.9 Å². The molecule has 1 N–H and O–H groups in total. The van der Waals surface area contributed by atoms with Crippen molar-refractivity contribution in [1.82, 2.24) is 9.47 Å². The third kappa shape index (κ3) is 3.57. The maximum absolute atomic E-state index is 14.0. The number of carboxylic acids is 1. The molecule has 0 bridgehead atoms. The van der Waals surface area contributed by atoms with Gasteiger partial charge in [-0.25, -0.2) is 4.79 Å². The van der Waals surface area contributed by atoms with E-state index < -0.39 is 5.97 Å². The van der Waals surface area contributed by atoms with Crippen molar-refractivity contribution >= 4 is 28.9 Å². The van der Waals surface area contributed by atoms with Gasteiger partial charge in [0.15, 0.2) is 0 Å². The molecule has 2 aliphatic heterocycles. The van der Waals surface area contributed by atoms with Gasteiger partial charge in [0.1, 0.15) is 0 Å². The van der Waals surface area contributed by atoms with Crippen LogP contribution >= 0.6 is 0 Å². The zero-order valence-corrected chi connectivity index (χ0v) is 21.7. The van der Waals surface area contributed by atoms with Gasteiger partial charge in [-0.15, -0.1) is 0 Å². The number of aromatic nitrogens is 1. The number of carbonyl (C=O) groups excluding carboxylic acids is 1. The third-order valence-corrected chi connectivity index (χ3v) is 9.41. The van der Waals surface area contributed by atoms with E-state index in [2.05, 4.69) is 41.5 Å². The van der Waals surface area contributed by atoms with Gasteiger partial charge in [-0.05, 0) is 59.1 Å². The molecular formula is C32H34N2O4. The molecule has 1 unspecified atom stereocenters. The summed E-state index contributed by atoms with van der Waals surface area (Å²) in [4.78, 5) is 28.2. The van der Waals surface area contributed by atoms with Gasteiger partial charge < -0.3 is 19.3 Å². The topological polar surface area (TPSA) is 71.8 Å². The van der Waals surface area contributed by atoms with E-state index in [-0.39, 0.29) is 17.7 Å². The van der Waals surface area contributed by atoms with Gasteiger partial charge in [0.25, 0.3) is 0 Å². The number of carboxylic acid groups (broad SMARTS) is 1. The van der Waals surface area contributed by atoms with Gasteiger partial charge in [-0.3, -0.25) is 4.79 Å². The van der Waals surface area contributed by atoms with Gasteiger partial charge in [0.2, 0.25) is 5.91 Å². The Hall–Kier alpha value is -3.38. The molecule has 38 heavy (non-hydrogen) atoms. The summed E-state index contributed by atoms with van der Waals surface area (Å²) in [5.41, 5.74) is 8.02. The fraction of sp³-hybridized carbons (Fsp3) is 0.438. The van der Waals surface area contributed by atoms with E-state index in [0.717, 1.165) is 28.0 Å². The smallest absolute Gasteiger partial charge is 0.336 e. The third-order valence-electron chi connectivity index (χ3n) is 9.41. The van der Waals surface area contributed by atoms with Gasteiger partial charge >= 0.3 is 5.97 Å². The highest BCUT2D eigenvalue weighted by molar-refractivity contribution is 6.05. The fourth-order valence-electron chi connectivity index (χ4n) is 7.56. The lowest BCUT2D eigenvalue weighted by molar-refractivity contribution is -0.140. The number of rotatable bonds is 4. The number of amides is 1. The van der Waals surface area contributed by atoms with Crippen LogP contribution in [0.4, 0.5) is 0 Å². The minimum Gasteiger partial charge on any atom is -0.478 e. The van der Waals surface area contributed by atoms with Crippen molar-refractivity contribution in [1.29, 1.82) is 0 Å². The van der Waals surface area contributed by atoms with Gasteiger partial charge in [-0.1, -0.05) is 56.2 Å². The number of aliphatic carboxylic acids is 1. The van der Waals surface area contributed by atoms with E-state index in [4.69, 9.17) is 4.74 Å². The first kappa shape index (κ1) is 23.7. The molecule has 1 aromatic carbocycles. The average molecular weight is 511 g/mol. The summed E-state index contributed by atoms with van der Waals surface area (Å²) in [5.74, 6) is -0.651. The van der Waals surface area contributed by atoms with Crippen LogP contribution in [0.2, 0.25) is 0 Å². The molecule has 0 spiro atoms. The highest BCUT2D eigenvalue weighted by atomic mass is 16.5. The molecule has 1 saturated carbocycles. The summed E-state index contributed by atoms with van der Waals surface area (Å²) in [6, 6.07) is 6.76. The summed E-state index contributed by atoms with van der Waals surface area (Å²) in [6.07, 6.45) is 12.9. The van der Waals surface area contributed by atoms with Crippen LogP contribution in [0.5, 0.6) is 0 Å². The molecular weight excluding hydrogens is 476 g/mol. The number of nitrogens with zero attached hydrogens (tertiary/aromatic N) is 2. The Labute approximate surface area is 222 Å². The van der Waals surface area contributed by atoms with Crippen LogP contribution in [-0.2, 0) is 20.9 Å². The minimum absolute atomic E-state index is 0.148. The Bertz CT molecular complexity index is 1460. The second-order valence-corrected chi connectivity index (χ2v) is 11.3. The first-order valence-corrected chi connectivity index (χ1v) is 14.1. The van der Waals surface area contributed by atoms with Crippen molar-refractivity contribution in [3.05, 3.63) is 76.0 Å². The summed E-state index contributed by atoms with van der Waals surface area (Å²) >= 11 is 0. The Morgan fingerprint density at radius 2 is 1.89 bits per heavy atom. The standard InChI is InChI=1S/C32H34N2O4/c1-2-19-11-12-21(20-7-4-3-5-8-20)30-24(19)17-26-27-22(28-25(18-34(26)30)29(28)32(36)37)9-6-10-23(27)31(35)33-13-15-38-16-14-33/h2,6,9,11-12,17,20,23,27H,1,3-5,7-8,10,13-16,18H2,(H,36,37)/t23-,27?/m1/s1. The molecule has 6 heteroatoms. The van der Waals surface area contributed by atoms with Crippen LogP contribution in [-0.4, -0.2) is 52.8 Å². The lowest BCUT2D eigenvalue weighted by Gasteiger charge is -2.36. The van der Waals surface area contributed by atoms with Gasteiger partial charge in [0, 0.05) is 36.6 Å². The van der Waals surface area contributed by atoms with E-state index in [1.807, 2.05) is 11.0 Å². The highest BCUT2D eigenvalue weighted by Gasteiger charge is 2.47. The van der Waals surface area contributed by atoms with Crippen molar-refractivity contribution < 1.29 is 19.4 Å². The molecule has 2 atom stereocenters. The number of ether oxygens (including phenoxy) is 1. The molecule has 1 saturated heterocycles. The number of morpholine rings is 1. The van der Waals surface area contributed by atoms with Crippen LogP contribution in [0.15, 0.2) is 59.2 Å². The maximum Gasteiger partial charge on any atom is 0.336 e. The average Bonchev–Trinajstić information content (AvgIpc) is 3.59. The number of hydrogen-bond acceptors (Lipinski definition) is 3. The maximum atomic E-state index is 14.0. The van der Waals surface area contributed by atoms with E-state index in [1.165, 1.54) is 48.6 Å².